The van der Waals surface area contributed by atoms with Crippen LogP contribution in [0.5, 0.6) is 0 Å². The summed E-state index contributed by atoms with van der Waals surface area (Å²) in [6.45, 7) is 11.9. The van der Waals surface area contributed by atoms with Gasteiger partial charge in [-0.15, -0.1) is 13.2 Å². The normalized spacial score (nSPS) is 24.9. The summed E-state index contributed by atoms with van der Waals surface area (Å²) in [4.78, 5) is 49.5. The Bertz CT molecular complexity index is 1640. The van der Waals surface area contributed by atoms with Crippen LogP contribution >= 0.6 is 0 Å². The number of rotatable bonds is 12. The number of carbonyl (C=O) groups excluding carboxylic acids is 3. The van der Waals surface area contributed by atoms with Crippen LogP contribution in [0.25, 0.3) is 0 Å². The molecule has 1 N–H and O–H groups in total. The zero-order valence-corrected chi connectivity index (χ0v) is 27.1. The minimum atomic E-state index is -1.23. The van der Waals surface area contributed by atoms with E-state index in [4.69, 9.17) is 4.74 Å². The predicted octanol–water partition coefficient (Wildman–Crippen LogP) is 5.02. The van der Waals surface area contributed by atoms with Gasteiger partial charge in [0.05, 0.1) is 30.6 Å². The van der Waals surface area contributed by atoms with Crippen LogP contribution in [-0.4, -0.2) is 71.2 Å². The predicted molar refractivity (Wildman–Crippen MR) is 183 cm³/mol. The zero-order valence-electron chi connectivity index (χ0n) is 27.1. The van der Waals surface area contributed by atoms with Gasteiger partial charge in [0.2, 0.25) is 11.8 Å². The van der Waals surface area contributed by atoms with E-state index in [0.29, 0.717) is 24.9 Å². The Kier molecular flexibility index (Phi) is 9.17. The number of aliphatic hydroxyl groups is 1. The fourth-order valence-electron chi connectivity index (χ4n) is 8.22. The highest BCUT2D eigenvalue weighted by Crippen LogP contribution is 2.59. The van der Waals surface area contributed by atoms with Crippen molar-refractivity contribution in [3.63, 3.8) is 0 Å². The highest BCUT2D eigenvalue weighted by molar-refractivity contribution is 6.07. The van der Waals surface area contributed by atoms with Crippen molar-refractivity contribution in [2.75, 3.05) is 29.5 Å². The van der Waals surface area contributed by atoms with Gasteiger partial charge in [-0.05, 0) is 61.9 Å². The number of carbonyl (C=O) groups is 3. The van der Waals surface area contributed by atoms with Crippen LogP contribution in [0.3, 0.4) is 0 Å². The molecule has 8 heteroatoms. The number of likely N-dealkylation sites (tertiary alicyclic amines) is 1. The summed E-state index contributed by atoms with van der Waals surface area (Å²) in [7, 11) is 0. The molecule has 3 fully saturated rings. The molecule has 3 amide bonds. The Labute approximate surface area is 276 Å². The molecule has 3 aromatic rings. The summed E-state index contributed by atoms with van der Waals surface area (Å²) in [5, 5.41) is 10.9. The molecule has 47 heavy (non-hydrogen) atoms. The molecule has 3 aliphatic rings. The van der Waals surface area contributed by atoms with Gasteiger partial charge in [-0.25, -0.2) is 0 Å². The quantitative estimate of drug-likeness (QED) is 0.283. The van der Waals surface area contributed by atoms with Crippen LogP contribution in [0.2, 0.25) is 0 Å². The van der Waals surface area contributed by atoms with Gasteiger partial charge in [0.15, 0.2) is 0 Å². The van der Waals surface area contributed by atoms with Crippen LogP contribution in [-0.2, 0) is 25.5 Å². The summed E-state index contributed by atoms with van der Waals surface area (Å²) in [5.74, 6) is -2.53. The third-order valence-electron chi connectivity index (χ3n) is 10.1. The maximum atomic E-state index is 15.1. The molecule has 3 saturated heterocycles. The van der Waals surface area contributed by atoms with Crippen molar-refractivity contribution < 1.29 is 24.2 Å². The molecule has 0 aromatic heterocycles. The van der Waals surface area contributed by atoms with E-state index in [1.807, 2.05) is 92.7 Å². The molecule has 3 aromatic carbocycles. The van der Waals surface area contributed by atoms with Gasteiger partial charge in [-0.2, -0.15) is 0 Å². The Hall–Kier alpha value is -4.53. The summed E-state index contributed by atoms with van der Waals surface area (Å²) >= 11 is 0. The average molecular weight is 634 g/mol. The van der Waals surface area contributed by atoms with Gasteiger partial charge in [0, 0.05) is 24.5 Å². The van der Waals surface area contributed by atoms with Gasteiger partial charge < -0.3 is 24.5 Å². The first-order valence-corrected chi connectivity index (χ1v) is 16.4. The summed E-state index contributed by atoms with van der Waals surface area (Å²) in [6, 6.07) is 23.1. The molecular weight excluding hydrogens is 590 g/mol. The van der Waals surface area contributed by atoms with Crippen molar-refractivity contribution >= 4 is 29.1 Å². The molecule has 8 nitrogen and oxygen atoms in total. The number of aryl methyl sites for hydroxylation is 2. The number of para-hydroxylation sites is 2. The van der Waals surface area contributed by atoms with Crippen molar-refractivity contribution in [2.45, 2.75) is 56.9 Å². The number of nitrogens with zero attached hydrogens (tertiary/aromatic N) is 3. The van der Waals surface area contributed by atoms with E-state index < -0.39 is 35.6 Å². The number of ether oxygens (including phenoxy) is 1. The molecule has 2 bridgehead atoms. The lowest BCUT2D eigenvalue weighted by atomic mass is 9.70. The molecule has 6 atom stereocenters. The first kappa shape index (κ1) is 32.4. The first-order chi connectivity index (χ1) is 22.8. The van der Waals surface area contributed by atoms with E-state index >= 15 is 4.79 Å². The topological polar surface area (TPSA) is 90.4 Å². The van der Waals surface area contributed by atoms with Crippen molar-refractivity contribution in [1.29, 1.82) is 0 Å². The molecule has 6 rings (SSSR count). The van der Waals surface area contributed by atoms with E-state index in [1.165, 1.54) is 0 Å². The number of amides is 3. The highest BCUT2D eigenvalue weighted by Gasteiger charge is 2.75. The smallest absolute Gasteiger partial charge is 0.253 e. The van der Waals surface area contributed by atoms with Gasteiger partial charge in [-0.1, -0.05) is 78.9 Å². The van der Waals surface area contributed by atoms with Gasteiger partial charge in [0.1, 0.15) is 11.6 Å². The van der Waals surface area contributed by atoms with E-state index in [1.54, 1.807) is 26.9 Å². The van der Waals surface area contributed by atoms with Crippen LogP contribution in [0, 0.1) is 25.7 Å². The third-order valence-corrected chi connectivity index (χ3v) is 10.1. The van der Waals surface area contributed by atoms with Crippen molar-refractivity contribution in [3.8, 4) is 0 Å². The second kappa shape index (κ2) is 13.3. The van der Waals surface area contributed by atoms with E-state index in [0.717, 1.165) is 22.4 Å². The third kappa shape index (κ3) is 5.49. The zero-order chi connectivity index (χ0) is 33.3. The fraction of sp³-hybridized carbons (Fsp3) is 0.359. The molecule has 0 saturated carbocycles. The number of benzene rings is 3. The van der Waals surface area contributed by atoms with Gasteiger partial charge in [0.25, 0.3) is 5.91 Å². The standard InChI is InChI=1S/C39H43N3O5/c1-5-22-40(29-18-11-8-12-19-29)36(44)32-31-20-21-39(47-31)33(32)37(45)42(30(25-43)24-28-16-9-7-10-17-28)35(39)38(46)41(23-6-2)34-26(3)14-13-15-27(34)4/h5-19,30-33,35,43H,1-2,20-25H2,3-4H3/t30-,31+,32-,33+,35?,39?/m1/s1. The monoisotopic (exact) mass is 633 g/mol. The SMILES string of the molecule is C=CCN(C(=O)[C@@H]1[C@@H]2CCC3(O2)C(C(=O)N(CC=C)c2c(C)cccc2C)N([C@@H](CO)Cc2ccccc2)C(=O)[C@H]13)c1ccccc1. The Morgan fingerprint density at radius 3 is 2.17 bits per heavy atom. The maximum Gasteiger partial charge on any atom is 0.253 e. The van der Waals surface area contributed by atoms with Crippen LogP contribution in [0.15, 0.2) is 104 Å². The Balaban J connectivity index is 1.47. The Morgan fingerprint density at radius 2 is 1.55 bits per heavy atom. The lowest BCUT2D eigenvalue weighted by Crippen LogP contribution is -2.59. The lowest BCUT2D eigenvalue weighted by molar-refractivity contribution is -0.144. The second-order valence-electron chi connectivity index (χ2n) is 12.9. The number of fused-ring (bicyclic) bond motifs is 1. The molecular formula is C39H43N3O5. The lowest BCUT2D eigenvalue weighted by Gasteiger charge is -2.40. The molecule has 1 spiro atoms. The number of aliphatic hydroxyl groups excluding tert-OH is 1. The minimum Gasteiger partial charge on any atom is -0.394 e. The second-order valence-corrected chi connectivity index (χ2v) is 12.9. The van der Waals surface area contributed by atoms with Crippen LogP contribution < -0.4 is 9.80 Å². The van der Waals surface area contributed by atoms with Crippen LogP contribution in [0.1, 0.15) is 29.5 Å². The van der Waals surface area contributed by atoms with Crippen molar-refractivity contribution in [1.82, 2.24) is 4.90 Å². The number of hydrogen-bond acceptors (Lipinski definition) is 5. The van der Waals surface area contributed by atoms with E-state index in [2.05, 4.69) is 13.2 Å². The van der Waals surface area contributed by atoms with Crippen molar-refractivity contribution in [2.24, 2.45) is 11.8 Å². The molecule has 244 valence electrons. The largest absolute Gasteiger partial charge is 0.394 e. The molecule has 2 unspecified atom stereocenters. The molecule has 0 radical (unpaired) electrons. The summed E-state index contributed by atoms with van der Waals surface area (Å²) in [6.07, 6.45) is 4.18. The molecule has 0 aliphatic carbocycles. The first-order valence-electron chi connectivity index (χ1n) is 16.4. The van der Waals surface area contributed by atoms with E-state index in [-0.39, 0.29) is 37.4 Å². The van der Waals surface area contributed by atoms with Gasteiger partial charge in [-0.3, -0.25) is 14.4 Å². The fourth-order valence-corrected chi connectivity index (χ4v) is 8.22. The molecule has 3 aliphatic heterocycles. The average Bonchev–Trinajstić information content (AvgIpc) is 3.73. The van der Waals surface area contributed by atoms with Gasteiger partial charge >= 0.3 is 0 Å². The number of anilines is 2. The maximum absolute atomic E-state index is 15.1. The van der Waals surface area contributed by atoms with Crippen molar-refractivity contribution in [3.05, 3.63) is 121 Å². The highest BCUT2D eigenvalue weighted by atomic mass is 16.5. The Morgan fingerprint density at radius 1 is 0.936 bits per heavy atom. The number of hydrogen-bond donors (Lipinski definition) is 1. The summed E-state index contributed by atoms with van der Waals surface area (Å²) in [5.41, 5.74) is 3.00. The minimum absolute atomic E-state index is 0.221. The molecule has 3 heterocycles. The summed E-state index contributed by atoms with van der Waals surface area (Å²) < 4.78 is 6.79. The van der Waals surface area contributed by atoms with E-state index in [9.17, 15) is 14.7 Å². The van der Waals surface area contributed by atoms with Crippen LogP contribution in [0.4, 0.5) is 11.4 Å².